The first-order chi connectivity index (χ1) is 13.8. The lowest BCUT2D eigenvalue weighted by molar-refractivity contribution is -0.117. The van der Waals surface area contributed by atoms with Gasteiger partial charge in [-0.25, -0.2) is 13.1 Å². The van der Waals surface area contributed by atoms with E-state index in [1.807, 2.05) is 0 Å². The van der Waals surface area contributed by atoms with Gasteiger partial charge in [0.2, 0.25) is 15.9 Å². The first-order valence-electron chi connectivity index (χ1n) is 8.90. The fourth-order valence-electron chi connectivity index (χ4n) is 2.52. The molecule has 0 aromatic heterocycles. The van der Waals surface area contributed by atoms with Crippen molar-refractivity contribution in [3.63, 3.8) is 0 Å². The first-order valence-corrected chi connectivity index (χ1v) is 11.1. The molecule has 1 aliphatic rings. The SMILES string of the molecule is O=C(NCCNS(=O)(=O)c1cc(Cl)ccc1Cl)c1ccc(NC(=O)C2CC2)cc1. The highest BCUT2D eigenvalue weighted by Gasteiger charge is 2.29. The Morgan fingerprint density at radius 1 is 1.00 bits per heavy atom. The molecular weight excluding hydrogens is 437 g/mol. The van der Waals surface area contributed by atoms with E-state index in [0.29, 0.717) is 11.3 Å². The molecule has 29 heavy (non-hydrogen) atoms. The Morgan fingerprint density at radius 2 is 1.69 bits per heavy atom. The molecule has 1 fully saturated rings. The number of nitrogens with one attached hydrogen (secondary N) is 3. The molecule has 0 radical (unpaired) electrons. The molecule has 0 heterocycles. The van der Waals surface area contributed by atoms with Crippen molar-refractivity contribution >= 4 is 50.7 Å². The van der Waals surface area contributed by atoms with Crippen molar-refractivity contribution in [2.24, 2.45) is 5.92 Å². The van der Waals surface area contributed by atoms with Crippen LogP contribution in [0, 0.1) is 5.92 Å². The van der Waals surface area contributed by atoms with Gasteiger partial charge in [-0.2, -0.15) is 0 Å². The summed E-state index contributed by atoms with van der Waals surface area (Å²) in [5.74, 6) is -0.261. The number of anilines is 1. The van der Waals surface area contributed by atoms with Gasteiger partial charge in [0.1, 0.15) is 4.90 Å². The molecule has 7 nitrogen and oxygen atoms in total. The Morgan fingerprint density at radius 3 is 2.34 bits per heavy atom. The molecule has 154 valence electrons. The molecule has 3 N–H and O–H groups in total. The third-order valence-corrected chi connectivity index (χ3v) is 6.43. The van der Waals surface area contributed by atoms with E-state index in [9.17, 15) is 18.0 Å². The average molecular weight is 456 g/mol. The number of rotatable bonds is 8. The maximum atomic E-state index is 12.3. The summed E-state index contributed by atoms with van der Waals surface area (Å²) in [4.78, 5) is 23.8. The van der Waals surface area contributed by atoms with Gasteiger partial charge < -0.3 is 10.6 Å². The van der Waals surface area contributed by atoms with Gasteiger partial charge in [0, 0.05) is 35.3 Å². The average Bonchev–Trinajstić information content (AvgIpc) is 3.53. The van der Waals surface area contributed by atoms with Crippen molar-refractivity contribution in [2.45, 2.75) is 17.7 Å². The minimum absolute atomic E-state index is 0.00528. The van der Waals surface area contributed by atoms with Crippen LogP contribution in [0.2, 0.25) is 10.0 Å². The standard InChI is InChI=1S/C19H19Cl2N3O4S/c20-14-5-8-16(21)17(11-14)29(27,28)23-10-9-22-18(25)12-3-6-15(7-4-12)24-19(26)13-1-2-13/h3-8,11,13,23H,1-2,9-10H2,(H,22,25)(H,24,26). The van der Waals surface area contributed by atoms with Crippen LogP contribution >= 0.6 is 23.2 Å². The van der Waals surface area contributed by atoms with E-state index in [-0.39, 0.29) is 45.8 Å². The fraction of sp³-hybridized carbons (Fsp3) is 0.263. The summed E-state index contributed by atoms with van der Waals surface area (Å²) in [7, 11) is -3.85. The molecule has 0 spiro atoms. The second kappa shape index (κ2) is 9.13. The van der Waals surface area contributed by atoms with Gasteiger partial charge in [0.25, 0.3) is 5.91 Å². The lowest BCUT2D eigenvalue weighted by Gasteiger charge is -2.10. The molecule has 2 aromatic rings. The normalized spacial score (nSPS) is 13.7. The maximum absolute atomic E-state index is 12.3. The number of hydrogen-bond donors (Lipinski definition) is 3. The van der Waals surface area contributed by atoms with Crippen LogP contribution in [0.3, 0.4) is 0 Å². The molecule has 3 rings (SSSR count). The van der Waals surface area contributed by atoms with Gasteiger partial charge in [-0.05, 0) is 55.3 Å². The molecule has 1 aliphatic carbocycles. The second-order valence-corrected chi connectivity index (χ2v) is 9.15. The number of benzene rings is 2. The Hall–Kier alpha value is -2.13. The van der Waals surface area contributed by atoms with Crippen LogP contribution in [0.5, 0.6) is 0 Å². The summed E-state index contributed by atoms with van der Waals surface area (Å²) in [5, 5.41) is 5.73. The van der Waals surface area contributed by atoms with Crippen LogP contribution < -0.4 is 15.4 Å². The van der Waals surface area contributed by atoms with Crippen molar-refractivity contribution in [1.82, 2.24) is 10.0 Å². The van der Waals surface area contributed by atoms with Gasteiger partial charge in [-0.15, -0.1) is 0 Å². The number of carbonyl (C=O) groups is 2. The summed E-state index contributed by atoms with van der Waals surface area (Å²) in [6, 6.07) is 10.6. The van der Waals surface area contributed by atoms with E-state index < -0.39 is 10.0 Å². The van der Waals surface area contributed by atoms with Crippen LogP contribution in [-0.4, -0.2) is 33.3 Å². The fourth-order valence-corrected chi connectivity index (χ4v) is 4.31. The quantitative estimate of drug-likeness (QED) is 0.531. The largest absolute Gasteiger partial charge is 0.351 e. The molecule has 0 aliphatic heterocycles. The number of halogens is 2. The van der Waals surface area contributed by atoms with Crippen molar-refractivity contribution in [3.8, 4) is 0 Å². The molecule has 1 saturated carbocycles. The van der Waals surface area contributed by atoms with Crippen molar-refractivity contribution in [3.05, 3.63) is 58.1 Å². The third-order valence-electron chi connectivity index (χ3n) is 4.25. The molecule has 0 bridgehead atoms. The van der Waals surface area contributed by atoms with Gasteiger partial charge in [0.15, 0.2) is 0 Å². The van der Waals surface area contributed by atoms with E-state index in [2.05, 4.69) is 15.4 Å². The molecule has 0 atom stereocenters. The summed E-state index contributed by atoms with van der Waals surface area (Å²) in [6.45, 7) is 0.0584. The van der Waals surface area contributed by atoms with Gasteiger partial charge in [0.05, 0.1) is 5.02 Å². The Labute approximate surface area is 178 Å². The summed E-state index contributed by atoms with van der Waals surface area (Å²) >= 11 is 11.7. The van der Waals surface area contributed by atoms with Crippen LogP contribution in [0.15, 0.2) is 47.4 Å². The van der Waals surface area contributed by atoms with E-state index in [1.54, 1.807) is 24.3 Å². The molecule has 0 saturated heterocycles. The van der Waals surface area contributed by atoms with Crippen LogP contribution in [0.1, 0.15) is 23.2 Å². The highest BCUT2D eigenvalue weighted by molar-refractivity contribution is 7.89. The van der Waals surface area contributed by atoms with Crippen molar-refractivity contribution in [1.29, 1.82) is 0 Å². The molecule has 10 heteroatoms. The first kappa shape index (κ1) is 21.6. The summed E-state index contributed by atoms with van der Waals surface area (Å²) in [6.07, 6.45) is 1.83. The third kappa shape index (κ3) is 5.93. The Balaban J connectivity index is 1.48. The topological polar surface area (TPSA) is 104 Å². The monoisotopic (exact) mass is 455 g/mol. The van der Waals surface area contributed by atoms with Crippen LogP contribution in [0.25, 0.3) is 0 Å². The lowest BCUT2D eigenvalue weighted by atomic mass is 10.2. The highest BCUT2D eigenvalue weighted by atomic mass is 35.5. The maximum Gasteiger partial charge on any atom is 0.251 e. The predicted molar refractivity (Wildman–Crippen MR) is 112 cm³/mol. The minimum Gasteiger partial charge on any atom is -0.351 e. The smallest absolute Gasteiger partial charge is 0.251 e. The minimum atomic E-state index is -3.85. The number of amides is 2. The van der Waals surface area contributed by atoms with Gasteiger partial charge in [-0.3, -0.25) is 9.59 Å². The van der Waals surface area contributed by atoms with Gasteiger partial charge >= 0.3 is 0 Å². The van der Waals surface area contributed by atoms with E-state index >= 15 is 0 Å². The zero-order chi connectivity index (χ0) is 21.0. The Kier molecular flexibility index (Phi) is 6.79. The highest BCUT2D eigenvalue weighted by Crippen LogP contribution is 2.30. The van der Waals surface area contributed by atoms with E-state index in [0.717, 1.165) is 12.8 Å². The van der Waals surface area contributed by atoms with Crippen LogP contribution in [0.4, 0.5) is 5.69 Å². The number of hydrogen-bond acceptors (Lipinski definition) is 4. The van der Waals surface area contributed by atoms with Crippen molar-refractivity contribution < 1.29 is 18.0 Å². The molecular formula is C19H19Cl2N3O4S. The van der Waals surface area contributed by atoms with Crippen LogP contribution in [-0.2, 0) is 14.8 Å². The summed E-state index contributed by atoms with van der Waals surface area (Å²) < 4.78 is 27.0. The molecule has 0 unspecified atom stereocenters. The molecule has 2 amide bonds. The summed E-state index contributed by atoms with van der Waals surface area (Å²) in [5.41, 5.74) is 1.03. The lowest BCUT2D eigenvalue weighted by Crippen LogP contribution is -2.34. The van der Waals surface area contributed by atoms with Gasteiger partial charge in [-0.1, -0.05) is 23.2 Å². The number of sulfonamides is 1. The molecule has 2 aromatic carbocycles. The zero-order valence-electron chi connectivity index (χ0n) is 15.2. The van der Waals surface area contributed by atoms with E-state index in [4.69, 9.17) is 23.2 Å². The zero-order valence-corrected chi connectivity index (χ0v) is 17.6. The predicted octanol–water partition coefficient (Wildman–Crippen LogP) is 3.05. The number of carbonyl (C=O) groups excluding carboxylic acids is 2. The van der Waals surface area contributed by atoms with E-state index in [1.165, 1.54) is 18.2 Å². The Bertz CT molecular complexity index is 1020. The second-order valence-electron chi connectivity index (χ2n) is 6.57. The van der Waals surface area contributed by atoms with Crippen molar-refractivity contribution in [2.75, 3.05) is 18.4 Å².